The topological polar surface area (TPSA) is 79.0 Å². The number of rotatable bonds is 4. The second-order valence-corrected chi connectivity index (χ2v) is 3.99. The summed E-state index contributed by atoms with van der Waals surface area (Å²) in [7, 11) is 0. The summed E-state index contributed by atoms with van der Waals surface area (Å²) in [6.07, 6.45) is 0. The van der Waals surface area contributed by atoms with Crippen LogP contribution in [-0.2, 0) is 11.3 Å². The van der Waals surface area contributed by atoms with Gasteiger partial charge in [-0.05, 0) is 11.6 Å². The highest BCUT2D eigenvalue weighted by Crippen LogP contribution is 2.04. The Morgan fingerprint density at radius 1 is 1.50 bits per heavy atom. The van der Waals surface area contributed by atoms with Crippen LogP contribution in [0, 0.1) is 11.3 Å². The summed E-state index contributed by atoms with van der Waals surface area (Å²) >= 11 is 0. The summed E-state index contributed by atoms with van der Waals surface area (Å²) in [6, 6.07) is 7.31. The molecule has 0 bridgehead atoms. The summed E-state index contributed by atoms with van der Waals surface area (Å²) < 4.78 is 0. The third-order valence-electron chi connectivity index (χ3n) is 2.23. The molecule has 1 rings (SSSR count). The van der Waals surface area contributed by atoms with Gasteiger partial charge in [-0.1, -0.05) is 32.0 Å². The molecule has 1 aromatic rings. The van der Waals surface area contributed by atoms with Crippen molar-refractivity contribution >= 4 is 11.7 Å². The first-order valence-electron chi connectivity index (χ1n) is 5.21. The second-order valence-electron chi connectivity index (χ2n) is 3.99. The van der Waals surface area contributed by atoms with Gasteiger partial charge in [-0.2, -0.15) is 0 Å². The molecule has 1 aromatic carbocycles. The van der Waals surface area contributed by atoms with Gasteiger partial charge in [0, 0.05) is 18.0 Å². The summed E-state index contributed by atoms with van der Waals surface area (Å²) in [4.78, 5) is 11.4. The van der Waals surface area contributed by atoms with Crippen molar-refractivity contribution < 1.29 is 4.79 Å². The molecule has 0 aliphatic carbocycles. The summed E-state index contributed by atoms with van der Waals surface area (Å²) in [6.45, 7) is 4.17. The number of nitrogens with one attached hydrogen (secondary N) is 2. The van der Waals surface area contributed by atoms with E-state index in [1.807, 2.05) is 32.0 Å². The van der Waals surface area contributed by atoms with Crippen LogP contribution in [0.25, 0.3) is 0 Å². The molecule has 0 heterocycles. The third kappa shape index (κ3) is 3.38. The average molecular weight is 219 g/mol. The molecule has 0 atom stereocenters. The quantitative estimate of drug-likeness (QED) is 0.526. The number of hydrogen-bond donors (Lipinski definition) is 3. The van der Waals surface area contributed by atoms with Gasteiger partial charge in [-0.3, -0.25) is 10.2 Å². The lowest BCUT2D eigenvalue weighted by atomic mass is 10.1. The Kier molecular flexibility index (Phi) is 4.05. The molecule has 86 valence electrons. The highest BCUT2D eigenvalue weighted by molar-refractivity contribution is 5.95. The van der Waals surface area contributed by atoms with Gasteiger partial charge in [0.15, 0.2) is 0 Å². The highest BCUT2D eigenvalue weighted by Gasteiger charge is 2.06. The van der Waals surface area contributed by atoms with Crippen LogP contribution in [-0.4, -0.2) is 11.7 Å². The lowest BCUT2D eigenvalue weighted by Gasteiger charge is -2.08. The number of carbonyl (C=O) groups excluding carboxylic acids is 1. The zero-order valence-corrected chi connectivity index (χ0v) is 9.58. The average Bonchev–Trinajstić information content (AvgIpc) is 2.26. The second kappa shape index (κ2) is 5.30. The number of benzene rings is 1. The molecule has 0 fully saturated rings. The van der Waals surface area contributed by atoms with Crippen molar-refractivity contribution in [3.05, 3.63) is 35.4 Å². The Balaban J connectivity index is 2.64. The lowest BCUT2D eigenvalue weighted by Crippen LogP contribution is -2.27. The first kappa shape index (κ1) is 12.2. The molecule has 1 amide bonds. The highest BCUT2D eigenvalue weighted by atomic mass is 16.1. The van der Waals surface area contributed by atoms with E-state index in [1.54, 1.807) is 6.07 Å². The summed E-state index contributed by atoms with van der Waals surface area (Å²) in [5, 5.41) is 10.1. The Morgan fingerprint density at radius 2 is 2.19 bits per heavy atom. The monoisotopic (exact) mass is 219 g/mol. The van der Waals surface area contributed by atoms with E-state index < -0.39 is 0 Å². The smallest absolute Gasteiger partial charge is 0.222 e. The predicted octanol–water partition coefficient (Wildman–Crippen LogP) is 1.24. The van der Waals surface area contributed by atoms with E-state index in [2.05, 4.69) is 5.32 Å². The lowest BCUT2D eigenvalue weighted by molar-refractivity contribution is -0.124. The number of amides is 1. The van der Waals surface area contributed by atoms with Crippen LogP contribution in [0.15, 0.2) is 24.3 Å². The van der Waals surface area contributed by atoms with E-state index in [4.69, 9.17) is 11.1 Å². The minimum absolute atomic E-state index is 0.0176. The third-order valence-corrected chi connectivity index (χ3v) is 2.23. The predicted molar refractivity (Wildman–Crippen MR) is 64.1 cm³/mol. The number of carbonyl (C=O) groups is 1. The Labute approximate surface area is 95.4 Å². The molecule has 0 aliphatic heterocycles. The van der Waals surface area contributed by atoms with Crippen LogP contribution in [0.3, 0.4) is 0 Å². The van der Waals surface area contributed by atoms with Gasteiger partial charge >= 0.3 is 0 Å². The molecule has 0 unspecified atom stereocenters. The van der Waals surface area contributed by atoms with Gasteiger partial charge in [0.2, 0.25) is 5.91 Å². The van der Waals surface area contributed by atoms with Gasteiger partial charge in [0.1, 0.15) is 5.84 Å². The van der Waals surface area contributed by atoms with E-state index in [1.165, 1.54) is 0 Å². The van der Waals surface area contributed by atoms with Crippen molar-refractivity contribution in [2.24, 2.45) is 11.7 Å². The van der Waals surface area contributed by atoms with Crippen molar-refractivity contribution in [2.45, 2.75) is 20.4 Å². The standard InChI is InChI=1S/C12H17N3O/c1-8(2)12(16)15-7-9-4-3-5-10(6-9)11(13)14/h3-6,8H,7H2,1-2H3,(H3,13,14)(H,15,16). The van der Waals surface area contributed by atoms with E-state index in [0.717, 1.165) is 5.56 Å². The fourth-order valence-electron chi connectivity index (χ4n) is 1.24. The molecule has 0 saturated carbocycles. The van der Waals surface area contributed by atoms with Crippen molar-refractivity contribution in [3.63, 3.8) is 0 Å². The summed E-state index contributed by atoms with van der Waals surface area (Å²) in [5.41, 5.74) is 7.01. The first-order chi connectivity index (χ1) is 7.50. The Hall–Kier alpha value is -1.84. The van der Waals surface area contributed by atoms with Crippen LogP contribution >= 0.6 is 0 Å². The van der Waals surface area contributed by atoms with E-state index >= 15 is 0 Å². The first-order valence-corrected chi connectivity index (χ1v) is 5.21. The van der Waals surface area contributed by atoms with Crippen molar-refractivity contribution in [3.8, 4) is 0 Å². The van der Waals surface area contributed by atoms with E-state index in [-0.39, 0.29) is 17.7 Å². The molecule has 0 saturated heterocycles. The maximum absolute atomic E-state index is 11.4. The van der Waals surface area contributed by atoms with E-state index in [9.17, 15) is 4.79 Å². The minimum atomic E-state index is -0.0176. The van der Waals surface area contributed by atoms with Crippen molar-refractivity contribution in [1.82, 2.24) is 5.32 Å². The molecular formula is C12H17N3O. The summed E-state index contributed by atoms with van der Waals surface area (Å²) in [5.74, 6) is 0.0428. The molecule has 0 aromatic heterocycles. The molecule has 4 heteroatoms. The van der Waals surface area contributed by atoms with Crippen molar-refractivity contribution in [1.29, 1.82) is 5.41 Å². The Morgan fingerprint density at radius 3 is 2.75 bits per heavy atom. The normalized spacial score (nSPS) is 10.2. The minimum Gasteiger partial charge on any atom is -0.384 e. The van der Waals surface area contributed by atoms with Crippen LogP contribution < -0.4 is 11.1 Å². The maximum atomic E-state index is 11.4. The van der Waals surface area contributed by atoms with Crippen molar-refractivity contribution in [2.75, 3.05) is 0 Å². The van der Waals surface area contributed by atoms with Crippen LogP contribution in [0.1, 0.15) is 25.0 Å². The van der Waals surface area contributed by atoms with Gasteiger partial charge in [-0.25, -0.2) is 0 Å². The van der Waals surface area contributed by atoms with Crippen LogP contribution in [0.2, 0.25) is 0 Å². The van der Waals surface area contributed by atoms with Crippen LogP contribution in [0.4, 0.5) is 0 Å². The molecule has 0 spiro atoms. The van der Waals surface area contributed by atoms with E-state index in [0.29, 0.717) is 12.1 Å². The van der Waals surface area contributed by atoms with Gasteiger partial charge in [0.25, 0.3) is 0 Å². The maximum Gasteiger partial charge on any atom is 0.222 e. The molecule has 0 radical (unpaired) electrons. The van der Waals surface area contributed by atoms with Gasteiger partial charge in [0.05, 0.1) is 0 Å². The fraction of sp³-hybridized carbons (Fsp3) is 0.333. The molecule has 16 heavy (non-hydrogen) atoms. The number of nitrogen functional groups attached to an aromatic ring is 1. The fourth-order valence-corrected chi connectivity index (χ4v) is 1.24. The molecule has 0 aliphatic rings. The van der Waals surface area contributed by atoms with Crippen LogP contribution in [0.5, 0.6) is 0 Å². The molecule has 4 N–H and O–H groups in total. The largest absolute Gasteiger partial charge is 0.384 e. The zero-order chi connectivity index (χ0) is 12.1. The molecular weight excluding hydrogens is 202 g/mol. The number of amidine groups is 1. The number of hydrogen-bond acceptors (Lipinski definition) is 2. The Bertz CT molecular complexity index is 399. The van der Waals surface area contributed by atoms with Gasteiger partial charge < -0.3 is 11.1 Å². The zero-order valence-electron chi connectivity index (χ0n) is 9.58. The molecule has 4 nitrogen and oxygen atoms in total. The SMILES string of the molecule is CC(C)C(=O)NCc1cccc(C(=N)N)c1. The number of nitrogens with two attached hydrogens (primary N) is 1. The van der Waals surface area contributed by atoms with Gasteiger partial charge in [-0.15, -0.1) is 0 Å².